The highest BCUT2D eigenvalue weighted by Crippen LogP contribution is 2.28. The van der Waals surface area contributed by atoms with Gasteiger partial charge in [-0.25, -0.2) is 0 Å². The van der Waals surface area contributed by atoms with Gasteiger partial charge in [0, 0.05) is 22.2 Å². The molecule has 78 valence electrons. The Bertz CT molecular complexity index is 333. The van der Waals surface area contributed by atoms with Crippen molar-refractivity contribution >= 4 is 17.2 Å². The molecule has 1 heterocycles. The van der Waals surface area contributed by atoms with Gasteiger partial charge in [-0.1, -0.05) is 0 Å². The molecule has 1 aromatic heterocycles. The van der Waals surface area contributed by atoms with E-state index in [1.165, 1.54) is 15.3 Å². The van der Waals surface area contributed by atoms with Gasteiger partial charge in [0.15, 0.2) is 0 Å². The zero-order valence-corrected chi connectivity index (χ0v) is 9.36. The Balaban J connectivity index is 2.64. The number of carbonyl (C=O) groups is 1. The van der Waals surface area contributed by atoms with E-state index in [9.17, 15) is 4.79 Å². The molecule has 1 aromatic rings. The molecule has 0 aromatic carbocycles. The second-order valence-corrected chi connectivity index (χ2v) is 4.80. The predicted octanol–water partition coefficient (Wildman–Crippen LogP) is 1.63. The van der Waals surface area contributed by atoms with Gasteiger partial charge in [-0.15, -0.1) is 11.3 Å². The molecule has 4 heteroatoms. The number of amides is 1. The minimum atomic E-state index is -0.286. The molecule has 0 aliphatic heterocycles. The van der Waals surface area contributed by atoms with Crippen LogP contribution in [0.5, 0.6) is 0 Å². The molecule has 0 aliphatic rings. The average molecular weight is 212 g/mol. The zero-order chi connectivity index (χ0) is 10.7. The van der Waals surface area contributed by atoms with Crippen molar-refractivity contribution < 1.29 is 4.79 Å². The average Bonchev–Trinajstić information content (AvgIpc) is 2.41. The lowest BCUT2D eigenvalue weighted by Gasteiger charge is -2.09. The van der Waals surface area contributed by atoms with Gasteiger partial charge in [0.1, 0.15) is 0 Å². The van der Waals surface area contributed by atoms with Crippen LogP contribution >= 0.6 is 11.3 Å². The van der Waals surface area contributed by atoms with Gasteiger partial charge >= 0.3 is 0 Å². The van der Waals surface area contributed by atoms with Crippen molar-refractivity contribution in [1.29, 1.82) is 0 Å². The third-order valence-electron chi connectivity index (χ3n) is 2.12. The van der Waals surface area contributed by atoms with Crippen molar-refractivity contribution in [3.63, 3.8) is 0 Å². The van der Waals surface area contributed by atoms with Crippen molar-refractivity contribution in [2.24, 2.45) is 11.5 Å². The summed E-state index contributed by atoms with van der Waals surface area (Å²) in [6.45, 7) is 4.10. The molecule has 1 atom stereocenters. The monoisotopic (exact) mass is 212 g/mol. The first-order valence-corrected chi connectivity index (χ1v) is 5.43. The van der Waals surface area contributed by atoms with Crippen LogP contribution in [0.2, 0.25) is 0 Å². The highest BCUT2D eigenvalue weighted by molar-refractivity contribution is 7.12. The standard InChI is InChI=1S/C10H16N2OS/c1-6-5-7(2)14-10(6)8(11)3-4-9(12)13/h5,8H,3-4,11H2,1-2H3,(H2,12,13). The highest BCUT2D eigenvalue weighted by atomic mass is 32.1. The third kappa shape index (κ3) is 2.82. The fraction of sp³-hybridized carbons (Fsp3) is 0.500. The molecular weight excluding hydrogens is 196 g/mol. The van der Waals surface area contributed by atoms with Gasteiger partial charge in [-0.3, -0.25) is 4.79 Å². The van der Waals surface area contributed by atoms with Gasteiger partial charge in [-0.2, -0.15) is 0 Å². The van der Waals surface area contributed by atoms with Gasteiger partial charge in [0.2, 0.25) is 5.91 Å². The van der Waals surface area contributed by atoms with E-state index in [2.05, 4.69) is 13.0 Å². The molecule has 0 fully saturated rings. The smallest absolute Gasteiger partial charge is 0.217 e. The fourth-order valence-corrected chi connectivity index (χ4v) is 2.53. The minimum absolute atomic E-state index is 0.0544. The summed E-state index contributed by atoms with van der Waals surface area (Å²) >= 11 is 1.70. The van der Waals surface area contributed by atoms with Crippen LogP contribution in [-0.4, -0.2) is 5.91 Å². The first kappa shape index (κ1) is 11.2. The molecule has 14 heavy (non-hydrogen) atoms. The lowest BCUT2D eigenvalue weighted by Crippen LogP contribution is -2.16. The Kier molecular flexibility index (Phi) is 3.66. The molecule has 0 radical (unpaired) electrons. The van der Waals surface area contributed by atoms with E-state index >= 15 is 0 Å². The molecule has 4 N–H and O–H groups in total. The molecule has 0 spiro atoms. The van der Waals surface area contributed by atoms with Crippen LogP contribution in [0.4, 0.5) is 0 Å². The number of nitrogens with two attached hydrogens (primary N) is 2. The molecule has 3 nitrogen and oxygen atoms in total. The van der Waals surface area contributed by atoms with Crippen molar-refractivity contribution in [2.75, 3.05) is 0 Å². The molecule has 1 rings (SSSR count). The third-order valence-corrected chi connectivity index (χ3v) is 3.40. The van der Waals surface area contributed by atoms with E-state index in [1.54, 1.807) is 11.3 Å². The number of primary amides is 1. The minimum Gasteiger partial charge on any atom is -0.370 e. The SMILES string of the molecule is Cc1cc(C)c(C(N)CCC(N)=O)s1. The summed E-state index contributed by atoms with van der Waals surface area (Å²) in [4.78, 5) is 13.0. The molecule has 0 saturated carbocycles. The molecule has 1 unspecified atom stereocenters. The quantitative estimate of drug-likeness (QED) is 0.796. The largest absolute Gasteiger partial charge is 0.370 e. The zero-order valence-electron chi connectivity index (χ0n) is 8.54. The molecular formula is C10H16N2OS. The molecule has 0 aliphatic carbocycles. The van der Waals surface area contributed by atoms with Crippen LogP contribution in [0.15, 0.2) is 6.07 Å². The second kappa shape index (κ2) is 4.57. The maximum Gasteiger partial charge on any atom is 0.217 e. The van der Waals surface area contributed by atoms with E-state index in [-0.39, 0.29) is 11.9 Å². The lowest BCUT2D eigenvalue weighted by molar-refractivity contribution is -0.118. The van der Waals surface area contributed by atoms with Crippen molar-refractivity contribution in [2.45, 2.75) is 32.7 Å². The molecule has 0 saturated heterocycles. The molecule has 1 amide bonds. The number of rotatable bonds is 4. The summed E-state index contributed by atoms with van der Waals surface area (Å²) in [5.41, 5.74) is 12.2. The van der Waals surface area contributed by atoms with Crippen molar-refractivity contribution in [3.8, 4) is 0 Å². The van der Waals surface area contributed by atoms with E-state index in [4.69, 9.17) is 11.5 Å². The summed E-state index contributed by atoms with van der Waals surface area (Å²) in [6.07, 6.45) is 0.994. The highest BCUT2D eigenvalue weighted by Gasteiger charge is 2.12. The van der Waals surface area contributed by atoms with E-state index < -0.39 is 0 Å². The molecule has 0 bridgehead atoms. The summed E-state index contributed by atoms with van der Waals surface area (Å²) in [7, 11) is 0. The Morgan fingerprint density at radius 2 is 2.21 bits per heavy atom. The Labute approximate surface area is 88.1 Å². The van der Waals surface area contributed by atoms with Gasteiger partial charge in [0.25, 0.3) is 0 Å². The topological polar surface area (TPSA) is 69.1 Å². The number of aryl methyl sites for hydroxylation is 2. The van der Waals surface area contributed by atoms with Gasteiger partial charge in [-0.05, 0) is 31.9 Å². The first-order chi connectivity index (χ1) is 6.50. The number of hydrogen-bond acceptors (Lipinski definition) is 3. The normalized spacial score (nSPS) is 12.8. The second-order valence-electron chi connectivity index (χ2n) is 3.52. The van der Waals surface area contributed by atoms with Crippen LogP contribution < -0.4 is 11.5 Å². The van der Waals surface area contributed by atoms with E-state index in [1.807, 2.05) is 6.92 Å². The maximum absolute atomic E-state index is 10.6. The summed E-state index contributed by atoms with van der Waals surface area (Å²) in [5, 5.41) is 0. The summed E-state index contributed by atoms with van der Waals surface area (Å²) in [5.74, 6) is -0.286. The van der Waals surface area contributed by atoms with Crippen molar-refractivity contribution in [1.82, 2.24) is 0 Å². The van der Waals surface area contributed by atoms with E-state index in [0.29, 0.717) is 12.8 Å². The lowest BCUT2D eigenvalue weighted by atomic mass is 10.1. The van der Waals surface area contributed by atoms with Gasteiger partial charge < -0.3 is 11.5 Å². The number of thiophene rings is 1. The van der Waals surface area contributed by atoms with Gasteiger partial charge in [0.05, 0.1) is 0 Å². The van der Waals surface area contributed by atoms with Crippen LogP contribution in [0.1, 0.15) is 34.2 Å². The van der Waals surface area contributed by atoms with Crippen LogP contribution in [-0.2, 0) is 4.79 Å². The number of hydrogen-bond donors (Lipinski definition) is 2. The predicted molar refractivity (Wildman–Crippen MR) is 59.1 cm³/mol. The fourth-order valence-electron chi connectivity index (χ4n) is 1.46. The summed E-state index contributed by atoms with van der Waals surface area (Å²) < 4.78 is 0. The number of carbonyl (C=O) groups excluding carboxylic acids is 1. The van der Waals surface area contributed by atoms with Crippen molar-refractivity contribution in [3.05, 3.63) is 21.4 Å². The Morgan fingerprint density at radius 3 is 2.64 bits per heavy atom. The van der Waals surface area contributed by atoms with Crippen LogP contribution in [0.25, 0.3) is 0 Å². The van der Waals surface area contributed by atoms with Crippen LogP contribution in [0.3, 0.4) is 0 Å². The Hall–Kier alpha value is -0.870. The first-order valence-electron chi connectivity index (χ1n) is 4.61. The maximum atomic E-state index is 10.6. The van der Waals surface area contributed by atoms with Crippen LogP contribution in [0, 0.1) is 13.8 Å². The summed E-state index contributed by atoms with van der Waals surface area (Å²) in [6, 6.07) is 2.06. The van der Waals surface area contributed by atoms with E-state index in [0.717, 1.165) is 0 Å². The Morgan fingerprint density at radius 1 is 1.57 bits per heavy atom.